The lowest BCUT2D eigenvalue weighted by Gasteiger charge is -2.16. The normalized spacial score (nSPS) is 16.2. The van der Waals surface area contributed by atoms with Crippen LogP contribution in [0.25, 0.3) is 0 Å². The Morgan fingerprint density at radius 3 is 2.56 bits per heavy atom. The second kappa shape index (κ2) is 8.42. The number of nitrogens with zero attached hydrogens (tertiary/aromatic N) is 3. The molecule has 1 aliphatic rings. The van der Waals surface area contributed by atoms with Crippen molar-refractivity contribution >= 4 is 33.4 Å². The first-order chi connectivity index (χ1) is 15.3. The summed E-state index contributed by atoms with van der Waals surface area (Å²) in [6.45, 7) is 0.291. The third-order valence-electron chi connectivity index (χ3n) is 5.06. The second-order valence-corrected chi connectivity index (χ2v) is 9.29. The van der Waals surface area contributed by atoms with Crippen LogP contribution in [-0.2, 0) is 14.6 Å². The van der Waals surface area contributed by atoms with Crippen LogP contribution < -0.4 is 15.0 Å². The molecule has 166 valence electrons. The summed E-state index contributed by atoms with van der Waals surface area (Å²) >= 11 is 0. The number of carbonyl (C=O) groups excluding carboxylic acids is 2. The van der Waals surface area contributed by atoms with Crippen LogP contribution in [0.1, 0.15) is 28.6 Å². The Hall–Kier alpha value is -3.73. The van der Waals surface area contributed by atoms with Crippen LogP contribution in [0.3, 0.4) is 0 Å². The van der Waals surface area contributed by atoms with Crippen molar-refractivity contribution in [3.05, 3.63) is 60.0 Å². The maximum absolute atomic E-state index is 12.5. The topological polar surface area (TPSA) is 132 Å². The number of hydrogen-bond donors (Lipinski definition) is 1. The fourth-order valence-electron chi connectivity index (χ4n) is 3.44. The summed E-state index contributed by atoms with van der Waals surface area (Å²) in [6.07, 6.45) is 1.27. The lowest BCUT2D eigenvalue weighted by Crippen LogP contribution is -2.24. The van der Waals surface area contributed by atoms with E-state index in [-0.39, 0.29) is 35.0 Å². The number of sulfone groups is 1. The quantitative estimate of drug-likeness (QED) is 0.597. The van der Waals surface area contributed by atoms with E-state index in [1.807, 2.05) is 0 Å². The minimum Gasteiger partial charge on any atom is -0.496 e. The third-order valence-corrected chi connectivity index (χ3v) is 6.19. The van der Waals surface area contributed by atoms with Crippen LogP contribution in [-0.4, -0.2) is 50.3 Å². The molecule has 3 aromatic rings. The third kappa shape index (κ3) is 4.33. The smallest absolute Gasteiger partial charge is 0.322 e. The first kappa shape index (κ1) is 21.5. The van der Waals surface area contributed by atoms with Crippen LogP contribution in [0.4, 0.5) is 11.7 Å². The molecule has 0 aliphatic carbocycles. The molecule has 32 heavy (non-hydrogen) atoms. The fourth-order valence-corrected chi connectivity index (χ4v) is 4.07. The van der Waals surface area contributed by atoms with Gasteiger partial charge in [0.25, 0.3) is 5.91 Å². The molecule has 1 aromatic heterocycles. The number of aromatic nitrogens is 2. The Morgan fingerprint density at radius 1 is 1.16 bits per heavy atom. The van der Waals surface area contributed by atoms with Gasteiger partial charge in [-0.15, -0.1) is 5.10 Å². The molecule has 1 fully saturated rings. The summed E-state index contributed by atoms with van der Waals surface area (Å²) < 4.78 is 34.0. The molecule has 0 unspecified atom stereocenters. The first-order valence-electron chi connectivity index (χ1n) is 9.64. The van der Waals surface area contributed by atoms with Crippen molar-refractivity contribution in [2.24, 2.45) is 0 Å². The zero-order valence-corrected chi connectivity index (χ0v) is 18.1. The largest absolute Gasteiger partial charge is 0.496 e. The number of hydrogen-bond acceptors (Lipinski definition) is 8. The van der Waals surface area contributed by atoms with Crippen LogP contribution in [0.2, 0.25) is 0 Å². The predicted molar refractivity (Wildman–Crippen MR) is 115 cm³/mol. The van der Waals surface area contributed by atoms with E-state index in [0.29, 0.717) is 23.5 Å². The van der Waals surface area contributed by atoms with Gasteiger partial charge in [0, 0.05) is 24.9 Å². The van der Waals surface area contributed by atoms with Crippen molar-refractivity contribution < 1.29 is 27.2 Å². The minimum absolute atomic E-state index is 0.0840. The number of anilines is 2. The minimum atomic E-state index is -3.32. The number of amides is 2. The Balaban J connectivity index is 1.46. The molecule has 10 nitrogen and oxygen atoms in total. The number of ether oxygens (including phenoxy) is 1. The fraction of sp³-hybridized carbons (Fsp3) is 0.238. The molecule has 0 spiro atoms. The summed E-state index contributed by atoms with van der Waals surface area (Å²) in [4.78, 5) is 26.7. The molecule has 2 aromatic carbocycles. The molecule has 1 saturated heterocycles. The molecule has 4 rings (SSSR count). The summed E-state index contributed by atoms with van der Waals surface area (Å²) in [5.41, 5.74) is 0.892. The van der Waals surface area contributed by atoms with Gasteiger partial charge in [0.15, 0.2) is 9.84 Å². The number of methoxy groups -OCH3 is 1. The number of benzene rings is 2. The SMILES string of the molecule is COc1ccccc1C(=O)Nc1nnc([C@@H]2CC(=O)N(c3ccc(S(C)(=O)=O)cc3)C2)o1. The van der Waals surface area contributed by atoms with Gasteiger partial charge in [-0.25, -0.2) is 8.42 Å². The molecule has 11 heteroatoms. The molecule has 0 radical (unpaired) electrons. The summed E-state index contributed by atoms with van der Waals surface area (Å²) in [7, 11) is -1.85. The van der Waals surface area contributed by atoms with E-state index in [1.165, 1.54) is 24.1 Å². The van der Waals surface area contributed by atoms with E-state index in [0.717, 1.165) is 6.26 Å². The van der Waals surface area contributed by atoms with Gasteiger partial charge in [0.1, 0.15) is 5.75 Å². The van der Waals surface area contributed by atoms with Gasteiger partial charge in [-0.1, -0.05) is 17.2 Å². The molecule has 2 amide bonds. The van der Waals surface area contributed by atoms with Gasteiger partial charge in [-0.05, 0) is 36.4 Å². The van der Waals surface area contributed by atoms with Gasteiger partial charge < -0.3 is 14.1 Å². The average Bonchev–Trinajstić information content (AvgIpc) is 3.39. The molecule has 1 N–H and O–H groups in total. The standard InChI is InChI=1S/C21H20N4O6S/c1-30-17-6-4-3-5-16(17)19(27)22-21-24-23-20(31-21)13-11-18(26)25(12-13)14-7-9-15(10-8-14)32(2,28)29/h3-10,13H,11-12H2,1-2H3,(H,22,24,27)/t13-/m1/s1. The molecule has 1 atom stereocenters. The van der Waals surface area contributed by atoms with Gasteiger partial charge in [0.05, 0.1) is 23.5 Å². The van der Waals surface area contributed by atoms with Gasteiger partial charge >= 0.3 is 6.01 Å². The van der Waals surface area contributed by atoms with Gasteiger partial charge in [-0.3, -0.25) is 14.9 Å². The molecular formula is C21H20N4O6S. The van der Waals surface area contributed by atoms with Crippen molar-refractivity contribution in [1.29, 1.82) is 0 Å². The lowest BCUT2D eigenvalue weighted by molar-refractivity contribution is -0.117. The highest BCUT2D eigenvalue weighted by Gasteiger charge is 2.35. The Kier molecular flexibility index (Phi) is 5.66. The van der Waals surface area contributed by atoms with Crippen molar-refractivity contribution in [3.63, 3.8) is 0 Å². The second-order valence-electron chi connectivity index (χ2n) is 7.27. The summed E-state index contributed by atoms with van der Waals surface area (Å²) in [5.74, 6) is -0.346. The molecule has 0 saturated carbocycles. The van der Waals surface area contributed by atoms with Crippen LogP contribution in [0.5, 0.6) is 5.75 Å². The van der Waals surface area contributed by atoms with E-state index < -0.39 is 15.7 Å². The maximum atomic E-state index is 12.5. The number of rotatable bonds is 6. The number of para-hydroxylation sites is 1. The highest BCUT2D eigenvalue weighted by Crippen LogP contribution is 2.32. The van der Waals surface area contributed by atoms with Crippen molar-refractivity contribution in [2.75, 3.05) is 30.1 Å². The van der Waals surface area contributed by atoms with Crippen LogP contribution in [0, 0.1) is 0 Å². The highest BCUT2D eigenvalue weighted by atomic mass is 32.2. The Bertz CT molecular complexity index is 1270. The number of carbonyl (C=O) groups is 2. The first-order valence-corrected chi connectivity index (χ1v) is 11.5. The molecule has 2 heterocycles. The number of nitrogens with one attached hydrogen (secondary N) is 1. The van der Waals surface area contributed by atoms with Crippen molar-refractivity contribution in [3.8, 4) is 5.75 Å². The Labute approximate surface area is 184 Å². The molecule has 0 bridgehead atoms. The molecular weight excluding hydrogens is 436 g/mol. The summed E-state index contributed by atoms with van der Waals surface area (Å²) in [6, 6.07) is 12.7. The van der Waals surface area contributed by atoms with Crippen molar-refractivity contribution in [2.45, 2.75) is 17.2 Å². The van der Waals surface area contributed by atoms with Crippen LogP contribution in [0.15, 0.2) is 57.8 Å². The highest BCUT2D eigenvalue weighted by molar-refractivity contribution is 7.90. The van der Waals surface area contributed by atoms with Crippen molar-refractivity contribution in [1.82, 2.24) is 10.2 Å². The van der Waals surface area contributed by atoms with Crippen LogP contribution >= 0.6 is 0 Å². The zero-order valence-electron chi connectivity index (χ0n) is 17.3. The van der Waals surface area contributed by atoms with E-state index in [2.05, 4.69) is 15.5 Å². The lowest BCUT2D eigenvalue weighted by atomic mass is 10.1. The van der Waals surface area contributed by atoms with E-state index in [4.69, 9.17) is 9.15 Å². The molecule has 1 aliphatic heterocycles. The van der Waals surface area contributed by atoms with E-state index in [9.17, 15) is 18.0 Å². The zero-order chi connectivity index (χ0) is 22.9. The van der Waals surface area contributed by atoms with E-state index >= 15 is 0 Å². The summed E-state index contributed by atoms with van der Waals surface area (Å²) in [5, 5.41) is 10.4. The van der Waals surface area contributed by atoms with Gasteiger partial charge in [0.2, 0.25) is 11.8 Å². The maximum Gasteiger partial charge on any atom is 0.322 e. The monoisotopic (exact) mass is 456 g/mol. The van der Waals surface area contributed by atoms with E-state index in [1.54, 1.807) is 36.4 Å². The average molecular weight is 456 g/mol. The predicted octanol–water partition coefficient (Wildman–Crippen LogP) is 2.25. The Morgan fingerprint density at radius 2 is 1.88 bits per heavy atom. The van der Waals surface area contributed by atoms with Gasteiger partial charge in [-0.2, -0.15) is 0 Å².